The van der Waals surface area contributed by atoms with E-state index in [4.69, 9.17) is 5.73 Å². The molecule has 5 heteroatoms. The lowest BCUT2D eigenvalue weighted by Gasteiger charge is -2.17. The van der Waals surface area contributed by atoms with Crippen molar-refractivity contribution in [3.05, 3.63) is 24.0 Å². The van der Waals surface area contributed by atoms with Gasteiger partial charge < -0.3 is 5.73 Å². The summed E-state index contributed by atoms with van der Waals surface area (Å²) in [5.74, 6) is -0.809. The van der Waals surface area contributed by atoms with Crippen molar-refractivity contribution in [3.8, 4) is 0 Å². The van der Waals surface area contributed by atoms with Gasteiger partial charge in [0.05, 0.1) is 5.75 Å². The summed E-state index contributed by atoms with van der Waals surface area (Å²) < 4.78 is 37.5. The maximum absolute atomic E-state index is 13.5. The minimum absolute atomic E-state index is 0.0366. The van der Waals surface area contributed by atoms with E-state index in [-0.39, 0.29) is 21.8 Å². The van der Waals surface area contributed by atoms with Crippen molar-refractivity contribution < 1.29 is 12.8 Å². The zero-order valence-corrected chi connectivity index (χ0v) is 11.8. The minimum atomic E-state index is -3.56. The van der Waals surface area contributed by atoms with Gasteiger partial charge in [0.15, 0.2) is 9.84 Å². The van der Waals surface area contributed by atoms with Crippen molar-refractivity contribution in [2.45, 2.75) is 38.5 Å². The Morgan fingerprint density at radius 2 is 1.89 bits per heavy atom. The maximum atomic E-state index is 13.5. The van der Waals surface area contributed by atoms with E-state index in [1.54, 1.807) is 0 Å². The van der Waals surface area contributed by atoms with Crippen LogP contribution in [0.15, 0.2) is 23.1 Å². The normalized spacial score (nSPS) is 12.7. The molecule has 1 aromatic carbocycles. The van der Waals surface area contributed by atoms with Crippen LogP contribution in [0.4, 0.5) is 10.1 Å². The van der Waals surface area contributed by atoms with Gasteiger partial charge in [0, 0.05) is 5.69 Å². The summed E-state index contributed by atoms with van der Waals surface area (Å²) in [4.78, 5) is -0.259. The van der Waals surface area contributed by atoms with Crippen molar-refractivity contribution in [1.29, 1.82) is 0 Å². The topological polar surface area (TPSA) is 60.2 Å². The Morgan fingerprint density at radius 3 is 2.39 bits per heavy atom. The standard InChI is InChI=1S/C13H20FNO2S/c1-13(2,3)7-4-8-18(16,17)12-6-5-10(15)9-11(12)14/h5-6,9H,4,7-8,15H2,1-3H3. The Morgan fingerprint density at radius 1 is 1.28 bits per heavy atom. The first-order valence-corrected chi connectivity index (χ1v) is 7.55. The molecular weight excluding hydrogens is 253 g/mol. The molecule has 0 bridgehead atoms. The third-order valence-corrected chi connectivity index (χ3v) is 4.46. The summed E-state index contributed by atoms with van der Waals surface area (Å²) in [6.07, 6.45) is 1.30. The van der Waals surface area contributed by atoms with Gasteiger partial charge in [0.2, 0.25) is 0 Å². The van der Waals surface area contributed by atoms with E-state index in [2.05, 4.69) is 0 Å². The quantitative estimate of drug-likeness (QED) is 0.858. The van der Waals surface area contributed by atoms with Crippen LogP contribution in [0.3, 0.4) is 0 Å². The molecule has 0 aliphatic carbocycles. The summed E-state index contributed by atoms with van der Waals surface area (Å²) in [6.45, 7) is 6.14. The predicted molar refractivity (Wildman–Crippen MR) is 71.6 cm³/mol. The Hall–Kier alpha value is -1.10. The average molecular weight is 273 g/mol. The lowest BCUT2D eigenvalue weighted by Crippen LogP contribution is -2.12. The van der Waals surface area contributed by atoms with Gasteiger partial charge in [0.1, 0.15) is 10.7 Å². The summed E-state index contributed by atoms with van der Waals surface area (Å²) in [6, 6.07) is 3.67. The average Bonchev–Trinajstić information content (AvgIpc) is 2.13. The maximum Gasteiger partial charge on any atom is 0.181 e. The van der Waals surface area contributed by atoms with Gasteiger partial charge in [-0.05, 0) is 36.5 Å². The number of benzene rings is 1. The summed E-state index contributed by atoms with van der Waals surface area (Å²) in [7, 11) is -3.56. The van der Waals surface area contributed by atoms with Crippen molar-refractivity contribution >= 4 is 15.5 Å². The highest BCUT2D eigenvalue weighted by Gasteiger charge is 2.20. The van der Waals surface area contributed by atoms with Crippen LogP contribution in [0.5, 0.6) is 0 Å². The van der Waals surface area contributed by atoms with Crippen LogP contribution in [-0.2, 0) is 9.84 Å². The number of rotatable bonds is 4. The van der Waals surface area contributed by atoms with Gasteiger partial charge in [-0.1, -0.05) is 20.8 Å². The van der Waals surface area contributed by atoms with E-state index in [1.807, 2.05) is 20.8 Å². The zero-order valence-electron chi connectivity index (χ0n) is 11.0. The number of halogens is 1. The number of hydrogen-bond acceptors (Lipinski definition) is 3. The molecule has 0 saturated carbocycles. The first-order chi connectivity index (χ1) is 8.12. The lowest BCUT2D eigenvalue weighted by molar-refractivity contribution is 0.373. The van der Waals surface area contributed by atoms with E-state index in [0.717, 1.165) is 12.5 Å². The van der Waals surface area contributed by atoms with Gasteiger partial charge in [-0.15, -0.1) is 0 Å². The largest absolute Gasteiger partial charge is 0.399 e. The van der Waals surface area contributed by atoms with Gasteiger partial charge >= 0.3 is 0 Å². The molecular formula is C13H20FNO2S. The highest BCUT2D eigenvalue weighted by atomic mass is 32.2. The molecule has 0 radical (unpaired) electrons. The molecule has 0 fully saturated rings. The molecule has 0 aliphatic heterocycles. The molecule has 0 spiro atoms. The van der Waals surface area contributed by atoms with Crippen LogP contribution in [0.25, 0.3) is 0 Å². The third kappa shape index (κ3) is 4.29. The molecule has 0 aliphatic rings. The number of sulfone groups is 1. The first-order valence-electron chi connectivity index (χ1n) is 5.90. The van der Waals surface area contributed by atoms with Crippen LogP contribution >= 0.6 is 0 Å². The molecule has 0 amide bonds. The van der Waals surface area contributed by atoms with Gasteiger partial charge in [-0.25, -0.2) is 12.8 Å². The molecule has 102 valence electrons. The van der Waals surface area contributed by atoms with Crippen LogP contribution in [0.1, 0.15) is 33.6 Å². The molecule has 0 heterocycles. The Bertz CT molecular complexity index is 518. The van der Waals surface area contributed by atoms with Gasteiger partial charge in [0.25, 0.3) is 0 Å². The summed E-state index contributed by atoms with van der Waals surface area (Å²) >= 11 is 0. The van der Waals surface area contributed by atoms with Crippen LogP contribution < -0.4 is 5.73 Å². The highest BCUT2D eigenvalue weighted by molar-refractivity contribution is 7.91. The third-order valence-electron chi connectivity index (χ3n) is 2.63. The van der Waals surface area contributed by atoms with E-state index < -0.39 is 15.7 Å². The molecule has 0 atom stereocenters. The predicted octanol–water partition coefficient (Wildman–Crippen LogP) is 3.01. The van der Waals surface area contributed by atoms with Crippen LogP contribution in [-0.4, -0.2) is 14.2 Å². The molecule has 3 nitrogen and oxygen atoms in total. The fourth-order valence-electron chi connectivity index (χ4n) is 1.67. The van der Waals surface area contributed by atoms with E-state index in [9.17, 15) is 12.8 Å². The number of nitrogens with two attached hydrogens (primary N) is 1. The summed E-state index contributed by atoms with van der Waals surface area (Å²) in [5, 5.41) is 0. The fourth-order valence-corrected chi connectivity index (χ4v) is 3.05. The highest BCUT2D eigenvalue weighted by Crippen LogP contribution is 2.24. The summed E-state index contributed by atoms with van der Waals surface area (Å²) in [5.41, 5.74) is 5.70. The van der Waals surface area contributed by atoms with Gasteiger partial charge in [-0.2, -0.15) is 0 Å². The minimum Gasteiger partial charge on any atom is -0.399 e. The number of nitrogen functional groups attached to an aromatic ring is 1. The van der Waals surface area contributed by atoms with Gasteiger partial charge in [-0.3, -0.25) is 0 Å². The SMILES string of the molecule is CC(C)(C)CCCS(=O)(=O)c1ccc(N)cc1F. The van der Waals surface area contributed by atoms with Crippen LogP contribution in [0, 0.1) is 11.2 Å². The number of hydrogen-bond donors (Lipinski definition) is 1. The van der Waals surface area contributed by atoms with Crippen LogP contribution in [0.2, 0.25) is 0 Å². The second-order valence-electron chi connectivity index (χ2n) is 5.67. The second-order valence-corrected chi connectivity index (χ2v) is 7.75. The Balaban J connectivity index is 2.81. The van der Waals surface area contributed by atoms with E-state index in [0.29, 0.717) is 6.42 Å². The monoisotopic (exact) mass is 273 g/mol. The Labute approximate surface area is 108 Å². The molecule has 1 rings (SSSR count). The van der Waals surface area contributed by atoms with E-state index in [1.165, 1.54) is 12.1 Å². The molecule has 1 aromatic rings. The molecule has 0 unspecified atom stereocenters. The zero-order chi connectivity index (χ0) is 14.0. The Kier molecular flexibility index (Phi) is 4.37. The molecule has 18 heavy (non-hydrogen) atoms. The van der Waals surface area contributed by atoms with E-state index >= 15 is 0 Å². The second kappa shape index (κ2) is 5.26. The number of anilines is 1. The first kappa shape index (κ1) is 15.0. The smallest absolute Gasteiger partial charge is 0.181 e. The van der Waals surface area contributed by atoms with Crippen molar-refractivity contribution in [2.24, 2.45) is 5.41 Å². The fraction of sp³-hybridized carbons (Fsp3) is 0.538. The van der Waals surface area contributed by atoms with Crippen molar-refractivity contribution in [3.63, 3.8) is 0 Å². The lowest BCUT2D eigenvalue weighted by atomic mass is 9.91. The molecule has 2 N–H and O–H groups in total. The van der Waals surface area contributed by atoms with Crippen molar-refractivity contribution in [2.75, 3.05) is 11.5 Å². The molecule has 0 aromatic heterocycles. The molecule has 0 saturated heterocycles. The van der Waals surface area contributed by atoms with Crippen molar-refractivity contribution in [1.82, 2.24) is 0 Å².